The van der Waals surface area contributed by atoms with Gasteiger partial charge in [-0.3, -0.25) is 9.59 Å². The summed E-state index contributed by atoms with van der Waals surface area (Å²) in [6.45, 7) is 4.98. The molecule has 0 bridgehead atoms. The lowest BCUT2D eigenvalue weighted by atomic mass is 10.0. The topological polar surface area (TPSA) is 95.9 Å². The van der Waals surface area contributed by atoms with Crippen molar-refractivity contribution in [1.82, 2.24) is 5.32 Å². The first-order chi connectivity index (χ1) is 48.0. The normalized spacial score (nSPS) is 12.5. The molecule has 0 saturated carbocycles. The maximum absolute atomic E-state index is 12.6. The van der Waals surface area contributed by atoms with Crippen LogP contribution in [0.1, 0.15) is 521 Å². The lowest BCUT2D eigenvalue weighted by Crippen LogP contribution is -2.45. The van der Waals surface area contributed by atoms with Gasteiger partial charge >= 0.3 is 5.97 Å². The van der Waals surface area contributed by atoms with Gasteiger partial charge in [0.2, 0.25) is 5.91 Å². The number of ether oxygens (including phenoxy) is 1. The van der Waals surface area contributed by atoms with Crippen molar-refractivity contribution in [3.05, 3.63) is 24.3 Å². The zero-order chi connectivity index (χ0) is 69.8. The number of rotatable bonds is 86. The fourth-order valence-corrected chi connectivity index (χ4v) is 14.6. The van der Waals surface area contributed by atoms with Gasteiger partial charge in [0, 0.05) is 12.8 Å². The molecule has 0 spiro atoms. The summed E-state index contributed by atoms with van der Waals surface area (Å²) in [7, 11) is 0. The summed E-state index contributed by atoms with van der Waals surface area (Å²) in [5.41, 5.74) is 0. The van der Waals surface area contributed by atoms with Gasteiger partial charge in [-0.1, -0.05) is 475 Å². The third kappa shape index (κ3) is 83.2. The number of hydrogen-bond donors (Lipinski definition) is 3. The first kappa shape index (κ1) is 95.3. The highest BCUT2D eigenvalue weighted by Crippen LogP contribution is 2.21. The smallest absolute Gasteiger partial charge is 0.305 e. The van der Waals surface area contributed by atoms with Gasteiger partial charge in [-0.25, -0.2) is 0 Å². The molecule has 2 atom stereocenters. The minimum atomic E-state index is -0.843. The van der Waals surface area contributed by atoms with E-state index in [-0.39, 0.29) is 18.5 Å². The molecular formula is C91H177NO5. The number of hydrogen-bond acceptors (Lipinski definition) is 5. The largest absolute Gasteiger partial charge is 0.466 e. The van der Waals surface area contributed by atoms with Crippen LogP contribution < -0.4 is 5.32 Å². The van der Waals surface area contributed by atoms with Gasteiger partial charge in [0.1, 0.15) is 0 Å². The first-order valence-corrected chi connectivity index (χ1v) is 45.1. The average molecular weight is 1370 g/mol. The van der Waals surface area contributed by atoms with Crippen LogP contribution in [0.4, 0.5) is 0 Å². The number of aliphatic hydroxyl groups excluding tert-OH is 2. The Morgan fingerprint density at radius 1 is 0.278 bits per heavy atom. The van der Waals surface area contributed by atoms with Crippen molar-refractivity contribution in [2.24, 2.45) is 0 Å². The molecule has 0 saturated heterocycles. The molecule has 2 unspecified atom stereocenters. The molecule has 0 aromatic rings. The Morgan fingerprint density at radius 2 is 0.485 bits per heavy atom. The van der Waals surface area contributed by atoms with E-state index in [0.717, 1.165) is 38.5 Å². The second-order valence-corrected chi connectivity index (χ2v) is 31.3. The molecule has 0 aliphatic heterocycles. The van der Waals surface area contributed by atoms with Gasteiger partial charge in [-0.15, -0.1) is 0 Å². The molecule has 97 heavy (non-hydrogen) atoms. The van der Waals surface area contributed by atoms with Crippen molar-refractivity contribution in [2.45, 2.75) is 533 Å². The van der Waals surface area contributed by atoms with E-state index in [4.69, 9.17) is 4.74 Å². The third-order valence-electron chi connectivity index (χ3n) is 21.5. The summed E-state index contributed by atoms with van der Waals surface area (Å²) in [5, 5.41) is 23.3. The lowest BCUT2D eigenvalue weighted by Gasteiger charge is -2.20. The van der Waals surface area contributed by atoms with Crippen LogP contribution in [-0.4, -0.2) is 47.4 Å². The second kappa shape index (κ2) is 86.7. The average Bonchev–Trinajstić information content (AvgIpc) is 2.23. The van der Waals surface area contributed by atoms with Crippen molar-refractivity contribution >= 4 is 11.9 Å². The minimum absolute atomic E-state index is 0.0274. The molecular weight excluding hydrogens is 1190 g/mol. The van der Waals surface area contributed by atoms with Crippen molar-refractivity contribution in [1.29, 1.82) is 0 Å². The van der Waals surface area contributed by atoms with E-state index in [0.29, 0.717) is 19.4 Å². The standard InChI is InChI=1S/C91H177NO5/c1-3-5-7-9-11-13-15-17-19-21-23-24-25-41-44-48-51-55-59-63-67-71-75-79-83-89(94)88(87-93)92-90(95)84-80-76-72-68-64-60-56-52-49-45-42-39-37-35-33-31-29-27-26-28-30-32-34-36-38-40-43-46-50-54-58-62-66-70-74-78-82-86-97-91(96)85-81-77-73-69-65-61-57-53-47-22-20-18-16-14-12-10-8-6-4-2/h26,28,79,83,88-89,93-94H,3-25,27,29-78,80-82,84-87H2,1-2H3,(H,92,95)/b28-26-,83-79+. The molecule has 0 rings (SSSR count). The predicted octanol–water partition coefficient (Wildman–Crippen LogP) is 30.3. The highest BCUT2D eigenvalue weighted by Gasteiger charge is 2.18. The number of carbonyl (C=O) groups is 2. The van der Waals surface area contributed by atoms with E-state index >= 15 is 0 Å². The summed E-state index contributed by atoms with van der Waals surface area (Å²) >= 11 is 0. The predicted molar refractivity (Wildman–Crippen MR) is 430 cm³/mol. The number of allylic oxidation sites excluding steroid dienone is 3. The molecule has 0 aromatic carbocycles. The third-order valence-corrected chi connectivity index (χ3v) is 21.5. The molecule has 0 aliphatic carbocycles. The Kier molecular flexibility index (Phi) is 85.3. The van der Waals surface area contributed by atoms with Crippen LogP contribution in [0.25, 0.3) is 0 Å². The fourth-order valence-electron chi connectivity index (χ4n) is 14.6. The Hall–Kier alpha value is -1.66. The molecule has 1 amide bonds. The highest BCUT2D eigenvalue weighted by atomic mass is 16.5. The second-order valence-electron chi connectivity index (χ2n) is 31.3. The number of amides is 1. The number of unbranched alkanes of at least 4 members (excludes halogenated alkanes) is 73. The van der Waals surface area contributed by atoms with E-state index in [1.54, 1.807) is 6.08 Å². The molecule has 6 nitrogen and oxygen atoms in total. The molecule has 3 N–H and O–H groups in total. The molecule has 0 fully saturated rings. The summed E-state index contributed by atoms with van der Waals surface area (Å²) in [6.07, 6.45) is 114. The van der Waals surface area contributed by atoms with Gasteiger partial charge in [0.05, 0.1) is 25.4 Å². The number of carbonyl (C=O) groups excluding carboxylic acids is 2. The van der Waals surface area contributed by atoms with Crippen LogP contribution in [0.15, 0.2) is 24.3 Å². The lowest BCUT2D eigenvalue weighted by molar-refractivity contribution is -0.143. The van der Waals surface area contributed by atoms with Crippen LogP contribution >= 0.6 is 0 Å². The Balaban J connectivity index is 3.34. The molecule has 0 heterocycles. The van der Waals surface area contributed by atoms with E-state index in [1.807, 2.05) is 6.08 Å². The van der Waals surface area contributed by atoms with Gasteiger partial charge in [0.15, 0.2) is 0 Å². The first-order valence-electron chi connectivity index (χ1n) is 45.1. The van der Waals surface area contributed by atoms with Gasteiger partial charge < -0.3 is 20.3 Å². The number of nitrogens with one attached hydrogen (secondary N) is 1. The Morgan fingerprint density at radius 3 is 0.732 bits per heavy atom. The maximum atomic E-state index is 12.6. The van der Waals surface area contributed by atoms with E-state index in [1.165, 1.54) is 456 Å². The van der Waals surface area contributed by atoms with Crippen LogP contribution in [0.2, 0.25) is 0 Å². The minimum Gasteiger partial charge on any atom is -0.466 e. The zero-order valence-corrected chi connectivity index (χ0v) is 66.4. The van der Waals surface area contributed by atoms with Gasteiger partial charge in [-0.2, -0.15) is 0 Å². The number of aliphatic hydroxyl groups is 2. The van der Waals surface area contributed by atoms with Crippen molar-refractivity contribution in [3.8, 4) is 0 Å². The van der Waals surface area contributed by atoms with E-state index in [2.05, 4.69) is 31.3 Å². The molecule has 0 radical (unpaired) electrons. The van der Waals surface area contributed by atoms with Crippen LogP contribution in [-0.2, 0) is 14.3 Å². The fraction of sp³-hybridized carbons (Fsp3) is 0.934. The quantitative estimate of drug-likeness (QED) is 0.0320. The van der Waals surface area contributed by atoms with Crippen LogP contribution in [0.3, 0.4) is 0 Å². The van der Waals surface area contributed by atoms with E-state index in [9.17, 15) is 19.8 Å². The summed E-state index contributed by atoms with van der Waals surface area (Å²) < 4.78 is 5.53. The Labute approximate surface area is 609 Å². The van der Waals surface area contributed by atoms with Crippen molar-refractivity contribution in [2.75, 3.05) is 13.2 Å². The van der Waals surface area contributed by atoms with Crippen LogP contribution in [0.5, 0.6) is 0 Å². The summed E-state index contributed by atoms with van der Waals surface area (Å²) in [4.78, 5) is 24.7. The van der Waals surface area contributed by atoms with E-state index < -0.39 is 12.1 Å². The Bertz CT molecular complexity index is 1530. The van der Waals surface area contributed by atoms with Gasteiger partial charge in [0.25, 0.3) is 0 Å². The van der Waals surface area contributed by atoms with Crippen LogP contribution in [0, 0.1) is 0 Å². The molecule has 0 aromatic heterocycles. The molecule has 0 aliphatic rings. The maximum Gasteiger partial charge on any atom is 0.305 e. The molecule has 576 valence electrons. The SMILES string of the molecule is CCCCCCCCCCCCCCCCCCCCCCCC/C=C/C(O)C(CO)NC(=O)CCCCCCCCCCCCCCCCCCC/C=C\CCCCCCCCCCCCCCCCCCOC(=O)CCCCCCCCCCCCCCCCCCCCC. The zero-order valence-electron chi connectivity index (χ0n) is 66.4. The van der Waals surface area contributed by atoms with Gasteiger partial charge in [-0.05, 0) is 57.8 Å². The number of esters is 1. The van der Waals surface area contributed by atoms with Crippen molar-refractivity contribution < 1.29 is 24.5 Å². The molecule has 6 heteroatoms. The summed E-state index contributed by atoms with van der Waals surface area (Å²) in [6, 6.07) is -0.626. The summed E-state index contributed by atoms with van der Waals surface area (Å²) in [5.74, 6) is -0.0306. The highest BCUT2D eigenvalue weighted by molar-refractivity contribution is 5.76. The van der Waals surface area contributed by atoms with Crippen molar-refractivity contribution in [3.63, 3.8) is 0 Å². The monoisotopic (exact) mass is 1360 g/mol.